The van der Waals surface area contributed by atoms with Crippen LogP contribution in [-0.2, 0) is 6.61 Å². The number of methoxy groups -OCH3 is 1. The topological polar surface area (TPSA) is 64.7 Å². The van der Waals surface area contributed by atoms with Crippen molar-refractivity contribution in [3.8, 4) is 11.5 Å². The summed E-state index contributed by atoms with van der Waals surface area (Å²) >= 11 is 0. The van der Waals surface area contributed by atoms with Crippen LogP contribution in [-0.4, -0.2) is 17.4 Å². The predicted octanol–water partition coefficient (Wildman–Crippen LogP) is 2.62. The highest BCUT2D eigenvalue weighted by molar-refractivity contribution is 5.41. The Morgan fingerprint density at radius 1 is 1.37 bits per heavy atom. The zero-order valence-electron chi connectivity index (χ0n) is 11.2. The van der Waals surface area contributed by atoms with Crippen molar-refractivity contribution < 1.29 is 19.1 Å². The fraction of sp³-hybridized carbons (Fsp3) is 0.357. The molecule has 0 saturated heterocycles. The van der Waals surface area contributed by atoms with Crippen LogP contribution in [0, 0.1) is 6.92 Å². The zero-order chi connectivity index (χ0) is 13.8. The molecule has 19 heavy (non-hydrogen) atoms. The van der Waals surface area contributed by atoms with Crippen LogP contribution in [0.3, 0.4) is 0 Å². The molecular weight excluding hydrogens is 246 g/mol. The average Bonchev–Trinajstić information content (AvgIpc) is 2.81. The molecule has 2 rings (SSSR count). The highest BCUT2D eigenvalue weighted by Gasteiger charge is 2.11. The second kappa shape index (κ2) is 5.75. The molecule has 0 saturated carbocycles. The van der Waals surface area contributed by atoms with Crippen LogP contribution in [0.2, 0.25) is 0 Å². The van der Waals surface area contributed by atoms with Crippen LogP contribution < -0.4 is 9.47 Å². The van der Waals surface area contributed by atoms with Crippen molar-refractivity contribution in [2.75, 3.05) is 7.11 Å². The summed E-state index contributed by atoms with van der Waals surface area (Å²) in [7, 11) is 1.59. The Balaban J connectivity index is 2.17. The molecule has 1 N–H and O–H groups in total. The molecule has 0 aliphatic rings. The van der Waals surface area contributed by atoms with Gasteiger partial charge in [-0.05, 0) is 26.0 Å². The molecule has 0 spiro atoms. The quantitative estimate of drug-likeness (QED) is 0.898. The summed E-state index contributed by atoms with van der Waals surface area (Å²) in [5.41, 5.74) is 1.41. The SMILES string of the molecule is COc1ccc(C(C)O)c(OCc2cc(C)on2)c1. The lowest BCUT2D eigenvalue weighted by atomic mass is 10.1. The standard InChI is InChI=1S/C14H17NO4/c1-9-6-11(15-19-9)8-18-14-7-12(17-3)4-5-13(14)10(2)16/h4-7,10,16H,8H2,1-3H3. The fourth-order valence-electron chi connectivity index (χ4n) is 1.75. The molecule has 1 atom stereocenters. The molecule has 2 aromatic rings. The van der Waals surface area contributed by atoms with Crippen LogP contribution >= 0.6 is 0 Å². The van der Waals surface area contributed by atoms with Crippen molar-refractivity contribution in [1.82, 2.24) is 5.16 Å². The molecule has 102 valence electrons. The summed E-state index contributed by atoms with van der Waals surface area (Å²) in [6.07, 6.45) is -0.611. The molecular formula is C14H17NO4. The molecule has 0 aliphatic carbocycles. The number of aliphatic hydroxyl groups excluding tert-OH is 1. The summed E-state index contributed by atoms with van der Waals surface area (Å²) in [6.45, 7) is 3.79. The molecule has 5 nitrogen and oxygen atoms in total. The predicted molar refractivity (Wildman–Crippen MR) is 69.2 cm³/mol. The molecule has 1 aromatic heterocycles. The lowest BCUT2D eigenvalue weighted by Crippen LogP contribution is -2.01. The third kappa shape index (κ3) is 3.26. The van der Waals surface area contributed by atoms with Gasteiger partial charge >= 0.3 is 0 Å². The Kier molecular flexibility index (Phi) is 4.06. The molecule has 0 bridgehead atoms. The first kappa shape index (κ1) is 13.4. The first-order valence-electron chi connectivity index (χ1n) is 6.01. The van der Waals surface area contributed by atoms with Gasteiger partial charge in [-0.15, -0.1) is 0 Å². The summed E-state index contributed by atoms with van der Waals surface area (Å²) < 4.78 is 15.8. The van der Waals surface area contributed by atoms with E-state index in [1.54, 1.807) is 32.2 Å². The van der Waals surface area contributed by atoms with Crippen molar-refractivity contribution in [2.45, 2.75) is 26.6 Å². The molecule has 1 aromatic carbocycles. The third-order valence-corrected chi connectivity index (χ3v) is 2.72. The van der Waals surface area contributed by atoms with E-state index in [1.807, 2.05) is 13.0 Å². The van der Waals surface area contributed by atoms with Gasteiger partial charge in [0.15, 0.2) is 0 Å². The van der Waals surface area contributed by atoms with Gasteiger partial charge in [-0.1, -0.05) is 5.16 Å². The second-order valence-corrected chi connectivity index (χ2v) is 4.30. The van der Waals surface area contributed by atoms with Gasteiger partial charge in [-0.2, -0.15) is 0 Å². The van der Waals surface area contributed by atoms with Crippen molar-refractivity contribution >= 4 is 0 Å². The number of aryl methyl sites for hydroxylation is 1. The maximum absolute atomic E-state index is 9.71. The smallest absolute Gasteiger partial charge is 0.134 e. The van der Waals surface area contributed by atoms with Crippen molar-refractivity contribution in [3.05, 3.63) is 41.3 Å². The van der Waals surface area contributed by atoms with Crippen molar-refractivity contribution in [1.29, 1.82) is 0 Å². The Hall–Kier alpha value is -2.01. The summed E-state index contributed by atoms with van der Waals surface area (Å²) in [6, 6.07) is 7.12. The van der Waals surface area contributed by atoms with Crippen LogP contribution in [0.5, 0.6) is 11.5 Å². The molecule has 1 heterocycles. The van der Waals surface area contributed by atoms with Gasteiger partial charge in [0.1, 0.15) is 29.6 Å². The van der Waals surface area contributed by atoms with Crippen LogP contribution in [0.4, 0.5) is 0 Å². The second-order valence-electron chi connectivity index (χ2n) is 4.30. The van der Waals surface area contributed by atoms with E-state index in [0.717, 1.165) is 5.76 Å². The van der Waals surface area contributed by atoms with Crippen molar-refractivity contribution in [2.24, 2.45) is 0 Å². The van der Waals surface area contributed by atoms with Crippen LogP contribution in [0.15, 0.2) is 28.8 Å². The number of hydrogen-bond acceptors (Lipinski definition) is 5. The molecule has 0 radical (unpaired) electrons. The first-order chi connectivity index (χ1) is 9.10. The van der Waals surface area contributed by atoms with E-state index in [2.05, 4.69) is 5.16 Å². The van der Waals surface area contributed by atoms with Gasteiger partial charge in [0.2, 0.25) is 0 Å². The Labute approximate surface area is 111 Å². The number of aromatic nitrogens is 1. The number of ether oxygens (including phenoxy) is 2. The van der Waals surface area contributed by atoms with E-state index >= 15 is 0 Å². The van der Waals surface area contributed by atoms with E-state index < -0.39 is 6.10 Å². The van der Waals surface area contributed by atoms with Crippen LogP contribution in [0.1, 0.15) is 30.0 Å². The van der Waals surface area contributed by atoms with E-state index in [4.69, 9.17) is 14.0 Å². The number of hydrogen-bond donors (Lipinski definition) is 1. The third-order valence-electron chi connectivity index (χ3n) is 2.72. The first-order valence-corrected chi connectivity index (χ1v) is 6.01. The molecule has 0 fully saturated rings. The number of nitrogens with zero attached hydrogens (tertiary/aromatic N) is 1. The van der Waals surface area contributed by atoms with Gasteiger partial charge in [0.05, 0.1) is 13.2 Å². The Bertz CT molecular complexity index is 548. The van der Waals surface area contributed by atoms with Gasteiger partial charge < -0.3 is 19.1 Å². The van der Waals surface area contributed by atoms with Crippen molar-refractivity contribution in [3.63, 3.8) is 0 Å². The number of rotatable bonds is 5. The zero-order valence-corrected chi connectivity index (χ0v) is 11.2. The van der Waals surface area contributed by atoms with E-state index in [1.165, 1.54) is 0 Å². The number of benzene rings is 1. The summed E-state index contributed by atoms with van der Waals surface area (Å²) in [5, 5.41) is 13.6. The summed E-state index contributed by atoms with van der Waals surface area (Å²) in [5.74, 6) is 1.99. The molecule has 0 amide bonds. The van der Waals surface area contributed by atoms with Crippen LogP contribution in [0.25, 0.3) is 0 Å². The Morgan fingerprint density at radius 2 is 2.16 bits per heavy atom. The highest BCUT2D eigenvalue weighted by Crippen LogP contribution is 2.30. The fourth-order valence-corrected chi connectivity index (χ4v) is 1.75. The van der Waals surface area contributed by atoms with Gasteiger partial charge in [0.25, 0.3) is 0 Å². The van der Waals surface area contributed by atoms with Gasteiger partial charge in [0, 0.05) is 17.7 Å². The summed E-state index contributed by atoms with van der Waals surface area (Å²) in [4.78, 5) is 0. The van der Waals surface area contributed by atoms with E-state index in [-0.39, 0.29) is 6.61 Å². The van der Waals surface area contributed by atoms with Gasteiger partial charge in [-0.25, -0.2) is 0 Å². The molecule has 0 aliphatic heterocycles. The normalized spacial score (nSPS) is 12.2. The lowest BCUT2D eigenvalue weighted by molar-refractivity contribution is 0.189. The minimum atomic E-state index is -0.611. The van der Waals surface area contributed by atoms with E-state index in [9.17, 15) is 5.11 Å². The lowest BCUT2D eigenvalue weighted by Gasteiger charge is -2.13. The monoisotopic (exact) mass is 263 g/mol. The maximum Gasteiger partial charge on any atom is 0.134 e. The van der Waals surface area contributed by atoms with E-state index in [0.29, 0.717) is 22.8 Å². The molecule has 1 unspecified atom stereocenters. The molecule has 5 heteroatoms. The minimum absolute atomic E-state index is 0.282. The van der Waals surface area contributed by atoms with Gasteiger partial charge in [-0.3, -0.25) is 0 Å². The Morgan fingerprint density at radius 3 is 2.74 bits per heavy atom. The largest absolute Gasteiger partial charge is 0.497 e. The number of aliphatic hydroxyl groups is 1. The highest BCUT2D eigenvalue weighted by atomic mass is 16.5. The minimum Gasteiger partial charge on any atom is -0.497 e. The average molecular weight is 263 g/mol. The maximum atomic E-state index is 9.71.